The van der Waals surface area contributed by atoms with Crippen LogP contribution in [0.5, 0.6) is 0 Å². The van der Waals surface area contributed by atoms with Crippen LogP contribution >= 0.6 is 0 Å². The minimum absolute atomic E-state index is 0.361. The Morgan fingerprint density at radius 1 is 1.56 bits per heavy atom. The predicted octanol–water partition coefficient (Wildman–Crippen LogP) is 0.0966. The van der Waals surface area contributed by atoms with Crippen LogP contribution in [0.4, 0.5) is 0 Å². The molecule has 1 aliphatic rings. The minimum Gasteiger partial charge on any atom is -0.359 e. The highest BCUT2D eigenvalue weighted by atomic mass is 16.7. The average molecular weight is 131 g/mol. The van der Waals surface area contributed by atoms with Gasteiger partial charge >= 0.3 is 0 Å². The maximum Gasteiger partial charge on any atom is 0.146 e. The molecular formula is C6H13NO2. The predicted molar refractivity (Wildman–Crippen MR) is 34.0 cm³/mol. The molecule has 0 unspecified atom stereocenters. The largest absolute Gasteiger partial charge is 0.359 e. The molecule has 0 aromatic carbocycles. The van der Waals surface area contributed by atoms with E-state index in [-0.39, 0.29) is 0 Å². The molecule has 1 saturated carbocycles. The monoisotopic (exact) mass is 131 g/mol. The van der Waals surface area contributed by atoms with E-state index in [2.05, 4.69) is 0 Å². The zero-order valence-corrected chi connectivity index (χ0v) is 5.67. The highest BCUT2D eigenvalue weighted by Gasteiger charge is 2.26. The number of hydrogen-bond acceptors (Lipinski definition) is 3. The van der Waals surface area contributed by atoms with Crippen LogP contribution in [0.25, 0.3) is 0 Å². The van der Waals surface area contributed by atoms with Crippen LogP contribution in [-0.4, -0.2) is 26.0 Å². The Balaban J connectivity index is 1.91. The van der Waals surface area contributed by atoms with Crippen molar-refractivity contribution < 1.29 is 9.47 Å². The second-order valence-electron chi connectivity index (χ2n) is 2.43. The third-order valence-electron chi connectivity index (χ3n) is 1.55. The number of ether oxygens (including phenoxy) is 2. The molecule has 0 heterocycles. The van der Waals surface area contributed by atoms with Crippen molar-refractivity contribution in [1.82, 2.24) is 0 Å². The van der Waals surface area contributed by atoms with Gasteiger partial charge in [-0.1, -0.05) is 0 Å². The SMILES string of the molecule is COCOC1CC(N)C1. The van der Waals surface area contributed by atoms with Gasteiger partial charge in [0.1, 0.15) is 6.79 Å². The molecule has 0 bridgehead atoms. The van der Waals surface area contributed by atoms with Crippen molar-refractivity contribution in [3.63, 3.8) is 0 Å². The summed E-state index contributed by atoms with van der Waals surface area (Å²) in [7, 11) is 1.62. The number of nitrogens with two attached hydrogens (primary N) is 1. The molecule has 1 rings (SSSR count). The Bertz CT molecular complexity index is 81.1. The van der Waals surface area contributed by atoms with Crippen molar-refractivity contribution in [2.45, 2.75) is 25.0 Å². The lowest BCUT2D eigenvalue weighted by atomic mass is 9.90. The molecule has 0 atom stereocenters. The van der Waals surface area contributed by atoms with Gasteiger partial charge in [0.2, 0.25) is 0 Å². The fourth-order valence-electron chi connectivity index (χ4n) is 0.907. The molecular weight excluding hydrogens is 118 g/mol. The standard InChI is InChI=1S/C6H13NO2/c1-8-4-9-6-2-5(7)3-6/h5-6H,2-4,7H2,1H3. The fourth-order valence-corrected chi connectivity index (χ4v) is 0.907. The van der Waals surface area contributed by atoms with E-state index in [9.17, 15) is 0 Å². The summed E-state index contributed by atoms with van der Waals surface area (Å²) in [6.07, 6.45) is 2.34. The Morgan fingerprint density at radius 2 is 2.22 bits per heavy atom. The average Bonchev–Trinajstić information content (AvgIpc) is 1.78. The van der Waals surface area contributed by atoms with Crippen molar-refractivity contribution in [3.05, 3.63) is 0 Å². The molecule has 0 amide bonds. The van der Waals surface area contributed by atoms with Gasteiger partial charge in [0.05, 0.1) is 6.10 Å². The molecule has 0 aliphatic heterocycles. The molecule has 3 nitrogen and oxygen atoms in total. The lowest BCUT2D eigenvalue weighted by molar-refractivity contribution is -0.101. The number of hydrogen-bond donors (Lipinski definition) is 1. The van der Waals surface area contributed by atoms with E-state index in [1.807, 2.05) is 0 Å². The van der Waals surface area contributed by atoms with Crippen LogP contribution in [-0.2, 0) is 9.47 Å². The van der Waals surface area contributed by atoms with Gasteiger partial charge in [-0.2, -0.15) is 0 Å². The first-order valence-electron chi connectivity index (χ1n) is 3.19. The van der Waals surface area contributed by atoms with Crippen LogP contribution < -0.4 is 5.73 Å². The highest BCUT2D eigenvalue weighted by Crippen LogP contribution is 2.20. The summed E-state index contributed by atoms with van der Waals surface area (Å²) in [5.74, 6) is 0. The maximum absolute atomic E-state index is 5.52. The summed E-state index contributed by atoms with van der Waals surface area (Å²) in [4.78, 5) is 0. The molecule has 2 N–H and O–H groups in total. The first kappa shape index (κ1) is 6.99. The Hall–Kier alpha value is -0.120. The normalized spacial score (nSPS) is 34.0. The van der Waals surface area contributed by atoms with Crippen LogP contribution in [0.1, 0.15) is 12.8 Å². The third kappa shape index (κ3) is 1.93. The van der Waals surface area contributed by atoms with Crippen molar-refractivity contribution >= 4 is 0 Å². The van der Waals surface area contributed by atoms with Gasteiger partial charge in [-0.05, 0) is 12.8 Å². The van der Waals surface area contributed by atoms with E-state index < -0.39 is 0 Å². The van der Waals surface area contributed by atoms with Crippen molar-refractivity contribution in [1.29, 1.82) is 0 Å². The summed E-state index contributed by atoms with van der Waals surface area (Å²) >= 11 is 0. The zero-order chi connectivity index (χ0) is 6.69. The van der Waals surface area contributed by atoms with Gasteiger partial charge in [0.25, 0.3) is 0 Å². The van der Waals surface area contributed by atoms with Crippen molar-refractivity contribution in [2.75, 3.05) is 13.9 Å². The Labute approximate surface area is 55.1 Å². The van der Waals surface area contributed by atoms with E-state index in [0.29, 0.717) is 18.9 Å². The lowest BCUT2D eigenvalue weighted by Crippen LogP contribution is -2.41. The smallest absolute Gasteiger partial charge is 0.146 e. The van der Waals surface area contributed by atoms with Crippen LogP contribution in [0.15, 0.2) is 0 Å². The van der Waals surface area contributed by atoms with E-state index >= 15 is 0 Å². The number of methoxy groups -OCH3 is 1. The quantitative estimate of drug-likeness (QED) is 0.552. The molecule has 9 heavy (non-hydrogen) atoms. The molecule has 0 aromatic heterocycles. The van der Waals surface area contributed by atoms with Gasteiger partial charge in [-0.3, -0.25) is 0 Å². The molecule has 54 valence electrons. The van der Waals surface area contributed by atoms with E-state index in [4.69, 9.17) is 15.2 Å². The second kappa shape index (κ2) is 3.15. The van der Waals surface area contributed by atoms with Crippen molar-refractivity contribution in [3.8, 4) is 0 Å². The molecule has 0 spiro atoms. The third-order valence-corrected chi connectivity index (χ3v) is 1.55. The van der Waals surface area contributed by atoms with Crippen LogP contribution in [0.3, 0.4) is 0 Å². The van der Waals surface area contributed by atoms with Crippen LogP contribution in [0, 0.1) is 0 Å². The summed E-state index contributed by atoms with van der Waals surface area (Å²) in [5.41, 5.74) is 5.52. The summed E-state index contributed by atoms with van der Waals surface area (Å²) in [5, 5.41) is 0. The van der Waals surface area contributed by atoms with Gasteiger partial charge in [-0.15, -0.1) is 0 Å². The van der Waals surface area contributed by atoms with Gasteiger partial charge in [-0.25, -0.2) is 0 Å². The molecule has 0 saturated heterocycles. The summed E-state index contributed by atoms with van der Waals surface area (Å²) in [6.45, 7) is 0.400. The molecule has 0 aromatic rings. The molecule has 0 radical (unpaired) electrons. The van der Waals surface area contributed by atoms with E-state index in [1.54, 1.807) is 7.11 Å². The number of rotatable bonds is 3. The fraction of sp³-hybridized carbons (Fsp3) is 1.00. The minimum atomic E-state index is 0.361. The first-order valence-corrected chi connectivity index (χ1v) is 3.19. The Morgan fingerprint density at radius 3 is 2.67 bits per heavy atom. The molecule has 1 fully saturated rings. The summed E-state index contributed by atoms with van der Waals surface area (Å²) < 4.78 is 9.92. The molecule has 1 aliphatic carbocycles. The van der Waals surface area contributed by atoms with E-state index in [0.717, 1.165) is 12.8 Å². The topological polar surface area (TPSA) is 44.5 Å². The lowest BCUT2D eigenvalue weighted by Gasteiger charge is -2.31. The molecule has 3 heteroatoms. The first-order chi connectivity index (χ1) is 4.33. The van der Waals surface area contributed by atoms with Gasteiger partial charge < -0.3 is 15.2 Å². The Kier molecular flexibility index (Phi) is 2.45. The second-order valence-corrected chi connectivity index (χ2v) is 2.43. The zero-order valence-electron chi connectivity index (χ0n) is 5.67. The van der Waals surface area contributed by atoms with Crippen LogP contribution in [0.2, 0.25) is 0 Å². The maximum atomic E-state index is 5.52. The van der Waals surface area contributed by atoms with E-state index in [1.165, 1.54) is 0 Å². The highest BCUT2D eigenvalue weighted by molar-refractivity contribution is 4.82. The summed E-state index contributed by atoms with van der Waals surface area (Å²) in [6, 6.07) is 0.367. The van der Waals surface area contributed by atoms with Gasteiger partial charge in [0, 0.05) is 13.2 Å². The van der Waals surface area contributed by atoms with Crippen molar-refractivity contribution in [2.24, 2.45) is 5.73 Å². The van der Waals surface area contributed by atoms with Gasteiger partial charge in [0.15, 0.2) is 0 Å².